The molecule has 3 nitrogen and oxygen atoms in total. The van der Waals surface area contributed by atoms with Gasteiger partial charge in [-0.05, 0) is 42.3 Å². The zero-order valence-electron chi connectivity index (χ0n) is 11.4. The number of phenolic OH excluding ortho intramolecular Hbond substituents is 1. The summed E-state index contributed by atoms with van der Waals surface area (Å²) in [6.45, 7) is 2.71. The second kappa shape index (κ2) is 6.65. The lowest BCUT2D eigenvalue weighted by atomic mass is 10.1. The van der Waals surface area contributed by atoms with Gasteiger partial charge in [-0.1, -0.05) is 30.0 Å². The molecule has 3 heteroatoms. The van der Waals surface area contributed by atoms with Gasteiger partial charge in [-0.15, -0.1) is 0 Å². The Morgan fingerprint density at radius 2 is 2.05 bits per heavy atom. The van der Waals surface area contributed by atoms with Crippen molar-refractivity contribution in [1.82, 2.24) is 0 Å². The summed E-state index contributed by atoms with van der Waals surface area (Å²) in [5, 5.41) is 9.43. The van der Waals surface area contributed by atoms with Crippen LogP contribution >= 0.6 is 0 Å². The Kier molecular flexibility index (Phi) is 4.65. The highest BCUT2D eigenvalue weighted by atomic mass is 16.5. The molecule has 0 heterocycles. The molecule has 0 radical (unpaired) electrons. The summed E-state index contributed by atoms with van der Waals surface area (Å²) in [5.41, 5.74) is 8.26. The number of aromatic hydroxyl groups is 1. The van der Waals surface area contributed by atoms with E-state index in [-0.39, 0.29) is 5.75 Å². The Hall–Kier alpha value is -2.44. The second-order valence-electron chi connectivity index (χ2n) is 4.46. The van der Waals surface area contributed by atoms with E-state index in [0.29, 0.717) is 13.2 Å². The van der Waals surface area contributed by atoms with Gasteiger partial charge in [0, 0.05) is 0 Å². The van der Waals surface area contributed by atoms with Gasteiger partial charge in [-0.25, -0.2) is 0 Å². The van der Waals surface area contributed by atoms with Crippen LogP contribution < -0.4 is 10.5 Å². The lowest BCUT2D eigenvalue weighted by Crippen LogP contribution is -1.98. The SMILES string of the molecule is Cc1ccc(OCc2cccc(O)c2)c(C#CCN)c1. The van der Waals surface area contributed by atoms with Gasteiger partial charge in [0.1, 0.15) is 18.1 Å². The standard InChI is InChI=1S/C17H17NO2/c1-13-7-8-17(15(10-13)5-3-9-18)20-12-14-4-2-6-16(19)11-14/h2,4,6-8,10-11,19H,9,12,18H2,1H3. The minimum Gasteiger partial charge on any atom is -0.508 e. The lowest BCUT2D eigenvalue weighted by molar-refractivity contribution is 0.304. The van der Waals surface area contributed by atoms with Crippen LogP contribution in [0.1, 0.15) is 16.7 Å². The van der Waals surface area contributed by atoms with Crippen LogP contribution in [0.2, 0.25) is 0 Å². The smallest absolute Gasteiger partial charge is 0.135 e. The lowest BCUT2D eigenvalue weighted by Gasteiger charge is -2.09. The van der Waals surface area contributed by atoms with E-state index in [1.54, 1.807) is 18.2 Å². The van der Waals surface area contributed by atoms with Gasteiger partial charge in [-0.2, -0.15) is 0 Å². The molecule has 0 bridgehead atoms. The average Bonchev–Trinajstić information content (AvgIpc) is 2.44. The van der Waals surface area contributed by atoms with Crippen molar-refractivity contribution in [2.24, 2.45) is 5.73 Å². The molecule has 0 atom stereocenters. The minimum atomic E-state index is 0.234. The maximum Gasteiger partial charge on any atom is 0.135 e. The predicted molar refractivity (Wildman–Crippen MR) is 79.6 cm³/mol. The molecule has 0 saturated carbocycles. The Morgan fingerprint density at radius 1 is 1.20 bits per heavy atom. The molecule has 3 N–H and O–H groups in total. The summed E-state index contributed by atoms with van der Waals surface area (Å²) in [5.74, 6) is 6.81. The molecule has 0 aliphatic carbocycles. The van der Waals surface area contributed by atoms with E-state index < -0.39 is 0 Å². The third-order valence-corrected chi connectivity index (χ3v) is 2.77. The summed E-state index contributed by atoms with van der Waals surface area (Å²) in [6, 6.07) is 12.9. The third-order valence-electron chi connectivity index (χ3n) is 2.77. The van der Waals surface area contributed by atoms with Gasteiger partial charge in [0.05, 0.1) is 12.1 Å². The van der Waals surface area contributed by atoms with Crippen LogP contribution in [-0.4, -0.2) is 11.7 Å². The van der Waals surface area contributed by atoms with E-state index in [2.05, 4.69) is 11.8 Å². The number of hydrogen-bond acceptors (Lipinski definition) is 3. The molecule has 102 valence electrons. The molecule has 2 aromatic rings. The van der Waals surface area contributed by atoms with Crippen molar-refractivity contribution in [1.29, 1.82) is 0 Å². The summed E-state index contributed by atoms with van der Waals surface area (Å²) in [6.07, 6.45) is 0. The van der Waals surface area contributed by atoms with Crippen molar-refractivity contribution in [2.75, 3.05) is 6.54 Å². The van der Waals surface area contributed by atoms with E-state index in [4.69, 9.17) is 10.5 Å². The Labute approximate surface area is 119 Å². The van der Waals surface area contributed by atoms with Crippen LogP contribution in [0, 0.1) is 18.8 Å². The molecule has 0 aliphatic rings. The molecule has 0 unspecified atom stereocenters. The fourth-order valence-electron chi connectivity index (χ4n) is 1.82. The molecule has 0 aromatic heterocycles. The number of hydrogen-bond donors (Lipinski definition) is 2. The van der Waals surface area contributed by atoms with Crippen LogP contribution in [0.5, 0.6) is 11.5 Å². The van der Waals surface area contributed by atoms with Crippen LogP contribution in [0.3, 0.4) is 0 Å². The fraction of sp³-hybridized carbons (Fsp3) is 0.176. The fourth-order valence-corrected chi connectivity index (χ4v) is 1.82. The third kappa shape index (κ3) is 3.78. The highest BCUT2D eigenvalue weighted by Crippen LogP contribution is 2.21. The summed E-state index contributed by atoms with van der Waals surface area (Å²) in [4.78, 5) is 0. The number of phenols is 1. The van der Waals surface area contributed by atoms with Crippen LogP contribution in [0.25, 0.3) is 0 Å². The predicted octanol–water partition coefficient (Wildman–Crippen LogP) is 2.59. The molecule has 0 saturated heterocycles. The van der Waals surface area contributed by atoms with Gasteiger partial charge in [-0.3, -0.25) is 0 Å². The summed E-state index contributed by atoms with van der Waals surface area (Å²) in [7, 11) is 0. The van der Waals surface area contributed by atoms with E-state index in [0.717, 1.165) is 22.4 Å². The van der Waals surface area contributed by atoms with Gasteiger partial charge < -0.3 is 15.6 Å². The van der Waals surface area contributed by atoms with Crippen molar-refractivity contribution < 1.29 is 9.84 Å². The summed E-state index contributed by atoms with van der Waals surface area (Å²) < 4.78 is 5.78. The Morgan fingerprint density at radius 3 is 2.80 bits per heavy atom. The second-order valence-corrected chi connectivity index (χ2v) is 4.46. The van der Waals surface area contributed by atoms with Crippen molar-refractivity contribution in [3.8, 4) is 23.3 Å². The zero-order chi connectivity index (χ0) is 14.4. The highest BCUT2D eigenvalue weighted by Gasteiger charge is 2.03. The first-order valence-corrected chi connectivity index (χ1v) is 6.39. The molecule has 20 heavy (non-hydrogen) atoms. The van der Waals surface area contributed by atoms with Crippen molar-refractivity contribution in [2.45, 2.75) is 13.5 Å². The Balaban J connectivity index is 2.16. The van der Waals surface area contributed by atoms with Crippen LogP contribution in [-0.2, 0) is 6.61 Å². The monoisotopic (exact) mass is 267 g/mol. The Bertz CT molecular complexity index is 654. The quantitative estimate of drug-likeness (QED) is 0.840. The molecular formula is C17H17NO2. The van der Waals surface area contributed by atoms with Gasteiger partial charge in [0.15, 0.2) is 0 Å². The maximum absolute atomic E-state index is 9.43. The largest absolute Gasteiger partial charge is 0.508 e. The van der Waals surface area contributed by atoms with Gasteiger partial charge >= 0.3 is 0 Å². The number of ether oxygens (including phenoxy) is 1. The van der Waals surface area contributed by atoms with Crippen molar-refractivity contribution in [3.63, 3.8) is 0 Å². The molecule has 0 aliphatic heterocycles. The van der Waals surface area contributed by atoms with E-state index in [1.165, 1.54) is 0 Å². The van der Waals surface area contributed by atoms with E-state index >= 15 is 0 Å². The number of aryl methyl sites for hydroxylation is 1. The zero-order valence-corrected chi connectivity index (χ0v) is 11.4. The topological polar surface area (TPSA) is 55.5 Å². The molecule has 2 aromatic carbocycles. The molecule has 0 spiro atoms. The first-order valence-electron chi connectivity index (χ1n) is 6.39. The van der Waals surface area contributed by atoms with Crippen molar-refractivity contribution >= 4 is 0 Å². The molecular weight excluding hydrogens is 250 g/mol. The molecule has 2 rings (SSSR count). The van der Waals surface area contributed by atoms with Gasteiger partial charge in [0.25, 0.3) is 0 Å². The first kappa shape index (κ1) is 14.0. The average molecular weight is 267 g/mol. The number of benzene rings is 2. The number of nitrogens with two attached hydrogens (primary N) is 1. The van der Waals surface area contributed by atoms with Crippen LogP contribution in [0.15, 0.2) is 42.5 Å². The van der Waals surface area contributed by atoms with Crippen LogP contribution in [0.4, 0.5) is 0 Å². The van der Waals surface area contributed by atoms with Gasteiger partial charge in [0.2, 0.25) is 0 Å². The highest BCUT2D eigenvalue weighted by molar-refractivity contribution is 5.48. The molecule has 0 fully saturated rings. The minimum absolute atomic E-state index is 0.234. The molecule has 0 amide bonds. The number of rotatable bonds is 3. The first-order chi connectivity index (χ1) is 9.69. The van der Waals surface area contributed by atoms with E-state index in [1.807, 2.05) is 31.2 Å². The summed E-state index contributed by atoms with van der Waals surface area (Å²) >= 11 is 0. The maximum atomic E-state index is 9.43. The normalized spacial score (nSPS) is 9.70. The van der Waals surface area contributed by atoms with E-state index in [9.17, 15) is 5.11 Å². The van der Waals surface area contributed by atoms with Crippen molar-refractivity contribution in [3.05, 3.63) is 59.2 Å².